The maximum atomic E-state index is 12.5. The third-order valence-electron chi connectivity index (χ3n) is 2.04. The molecule has 0 aliphatic rings. The van der Waals surface area contributed by atoms with Gasteiger partial charge < -0.3 is 10.1 Å². The van der Waals surface area contributed by atoms with E-state index >= 15 is 0 Å². The molecule has 0 bridgehead atoms. The third-order valence-corrected chi connectivity index (χ3v) is 2.70. The molecule has 17 heavy (non-hydrogen) atoms. The Hall–Kier alpha value is -0.750. The first kappa shape index (κ1) is 14.3. The van der Waals surface area contributed by atoms with Gasteiger partial charge in [0.15, 0.2) is 0 Å². The van der Waals surface area contributed by atoms with Crippen LogP contribution in [0.25, 0.3) is 0 Å². The fourth-order valence-electron chi connectivity index (χ4n) is 1.20. The van der Waals surface area contributed by atoms with Gasteiger partial charge in [-0.3, -0.25) is 0 Å². The highest BCUT2D eigenvalue weighted by Gasteiger charge is 2.31. The molecule has 0 fully saturated rings. The molecule has 1 N–H and O–H groups in total. The standard InChI is InChI=1S/C11H13BrF3NO/c1-2-16-5-6-17-10-7-8(11(13,14)15)3-4-9(10)12/h3-4,7,16H,2,5-6H2,1H3. The third kappa shape index (κ3) is 4.55. The lowest BCUT2D eigenvalue weighted by Gasteiger charge is -2.12. The van der Waals surface area contributed by atoms with Crippen LogP contribution in [0, 0.1) is 0 Å². The summed E-state index contributed by atoms with van der Waals surface area (Å²) in [5.74, 6) is 0.206. The predicted molar refractivity (Wildman–Crippen MR) is 63.2 cm³/mol. The van der Waals surface area contributed by atoms with E-state index < -0.39 is 11.7 Å². The van der Waals surface area contributed by atoms with E-state index in [1.165, 1.54) is 6.07 Å². The number of likely N-dealkylation sites (N-methyl/N-ethyl adjacent to an activating group) is 1. The van der Waals surface area contributed by atoms with Crippen LogP contribution in [0.3, 0.4) is 0 Å². The predicted octanol–water partition coefficient (Wildman–Crippen LogP) is 3.46. The van der Waals surface area contributed by atoms with Gasteiger partial charge in [0.05, 0.1) is 10.0 Å². The molecule has 0 aliphatic heterocycles. The molecule has 1 aromatic rings. The molecule has 1 rings (SSSR count). The Labute approximate surface area is 106 Å². The molecule has 0 radical (unpaired) electrons. The van der Waals surface area contributed by atoms with E-state index in [0.717, 1.165) is 18.7 Å². The second kappa shape index (κ2) is 6.26. The zero-order chi connectivity index (χ0) is 12.9. The summed E-state index contributed by atoms with van der Waals surface area (Å²) in [6.07, 6.45) is -4.35. The normalized spacial score (nSPS) is 11.6. The van der Waals surface area contributed by atoms with E-state index in [4.69, 9.17) is 4.74 Å². The topological polar surface area (TPSA) is 21.3 Å². The summed E-state index contributed by atoms with van der Waals surface area (Å²) < 4.78 is 43.2. The second-order valence-electron chi connectivity index (χ2n) is 3.34. The van der Waals surface area contributed by atoms with E-state index in [0.29, 0.717) is 17.6 Å². The van der Waals surface area contributed by atoms with Crippen LogP contribution in [0.4, 0.5) is 13.2 Å². The number of hydrogen-bond acceptors (Lipinski definition) is 2. The van der Waals surface area contributed by atoms with Crippen LogP contribution in [-0.4, -0.2) is 19.7 Å². The molecule has 0 heterocycles. The highest BCUT2D eigenvalue weighted by atomic mass is 79.9. The van der Waals surface area contributed by atoms with Gasteiger partial charge in [-0.1, -0.05) is 6.92 Å². The summed E-state index contributed by atoms with van der Waals surface area (Å²) in [7, 11) is 0. The van der Waals surface area contributed by atoms with Gasteiger partial charge in [-0.05, 0) is 40.7 Å². The molecule has 0 saturated heterocycles. The molecule has 0 saturated carbocycles. The zero-order valence-corrected chi connectivity index (χ0v) is 10.9. The fraction of sp³-hybridized carbons (Fsp3) is 0.455. The van der Waals surface area contributed by atoms with Crippen LogP contribution in [0.5, 0.6) is 5.75 Å². The number of alkyl halides is 3. The van der Waals surface area contributed by atoms with E-state index in [9.17, 15) is 13.2 Å². The Morgan fingerprint density at radius 1 is 1.35 bits per heavy atom. The van der Waals surface area contributed by atoms with Gasteiger partial charge in [-0.25, -0.2) is 0 Å². The molecular weight excluding hydrogens is 299 g/mol. The lowest BCUT2D eigenvalue weighted by molar-refractivity contribution is -0.137. The summed E-state index contributed by atoms with van der Waals surface area (Å²) in [6, 6.07) is 3.35. The number of halogens is 4. The molecule has 0 unspecified atom stereocenters. The van der Waals surface area contributed by atoms with Gasteiger partial charge in [0.2, 0.25) is 0 Å². The average molecular weight is 312 g/mol. The number of hydrogen-bond donors (Lipinski definition) is 1. The van der Waals surface area contributed by atoms with Crippen LogP contribution in [-0.2, 0) is 6.18 Å². The minimum Gasteiger partial charge on any atom is -0.491 e. The van der Waals surface area contributed by atoms with Crippen molar-refractivity contribution in [2.45, 2.75) is 13.1 Å². The van der Waals surface area contributed by atoms with Crippen LogP contribution in [0.2, 0.25) is 0 Å². The summed E-state index contributed by atoms with van der Waals surface area (Å²) in [5.41, 5.74) is -0.709. The van der Waals surface area contributed by atoms with Gasteiger partial charge >= 0.3 is 6.18 Å². The first-order valence-corrected chi connectivity index (χ1v) is 5.94. The van der Waals surface area contributed by atoms with Crippen molar-refractivity contribution in [3.8, 4) is 5.75 Å². The largest absolute Gasteiger partial charge is 0.491 e. The van der Waals surface area contributed by atoms with Gasteiger partial charge in [-0.15, -0.1) is 0 Å². The van der Waals surface area contributed by atoms with E-state index in [1.54, 1.807) is 0 Å². The van der Waals surface area contributed by atoms with Gasteiger partial charge in [0.1, 0.15) is 12.4 Å². The summed E-state index contributed by atoms with van der Waals surface area (Å²) in [4.78, 5) is 0. The van der Waals surface area contributed by atoms with Gasteiger partial charge in [-0.2, -0.15) is 13.2 Å². The highest BCUT2D eigenvalue weighted by molar-refractivity contribution is 9.10. The minimum atomic E-state index is -4.35. The van der Waals surface area contributed by atoms with Gasteiger partial charge in [0.25, 0.3) is 0 Å². The minimum absolute atomic E-state index is 0.206. The molecule has 0 aliphatic carbocycles. The monoisotopic (exact) mass is 311 g/mol. The maximum Gasteiger partial charge on any atom is 0.416 e. The Morgan fingerprint density at radius 3 is 2.65 bits per heavy atom. The lowest BCUT2D eigenvalue weighted by atomic mass is 10.2. The molecule has 1 aromatic carbocycles. The lowest BCUT2D eigenvalue weighted by Crippen LogP contribution is -2.20. The number of ether oxygens (including phenoxy) is 1. The Kier molecular flexibility index (Phi) is 5.27. The molecule has 0 aromatic heterocycles. The van der Waals surface area contributed by atoms with Crippen molar-refractivity contribution in [3.63, 3.8) is 0 Å². The molecule has 0 spiro atoms. The number of benzene rings is 1. The van der Waals surface area contributed by atoms with Crippen molar-refractivity contribution < 1.29 is 17.9 Å². The number of nitrogens with one attached hydrogen (secondary N) is 1. The summed E-state index contributed by atoms with van der Waals surface area (Å²) in [6.45, 7) is 3.67. The quantitative estimate of drug-likeness (QED) is 0.841. The number of rotatable bonds is 5. The van der Waals surface area contributed by atoms with E-state index in [1.807, 2.05) is 6.92 Å². The Morgan fingerprint density at radius 2 is 2.06 bits per heavy atom. The van der Waals surface area contributed by atoms with Crippen molar-refractivity contribution in [2.24, 2.45) is 0 Å². The molecule has 6 heteroatoms. The first-order chi connectivity index (χ1) is 7.95. The molecule has 0 atom stereocenters. The zero-order valence-electron chi connectivity index (χ0n) is 9.27. The van der Waals surface area contributed by atoms with Crippen LogP contribution < -0.4 is 10.1 Å². The van der Waals surface area contributed by atoms with Crippen molar-refractivity contribution in [3.05, 3.63) is 28.2 Å². The molecular formula is C11H13BrF3NO. The van der Waals surface area contributed by atoms with Crippen molar-refractivity contribution in [2.75, 3.05) is 19.7 Å². The molecule has 2 nitrogen and oxygen atoms in total. The Balaban J connectivity index is 2.70. The second-order valence-corrected chi connectivity index (χ2v) is 4.20. The average Bonchev–Trinajstić information content (AvgIpc) is 2.25. The van der Waals surface area contributed by atoms with Crippen LogP contribution >= 0.6 is 15.9 Å². The summed E-state index contributed by atoms with van der Waals surface area (Å²) >= 11 is 3.15. The summed E-state index contributed by atoms with van der Waals surface area (Å²) in [5, 5.41) is 3.02. The smallest absolute Gasteiger partial charge is 0.416 e. The first-order valence-electron chi connectivity index (χ1n) is 5.15. The maximum absolute atomic E-state index is 12.5. The van der Waals surface area contributed by atoms with E-state index in [-0.39, 0.29) is 5.75 Å². The van der Waals surface area contributed by atoms with Crippen molar-refractivity contribution in [1.29, 1.82) is 0 Å². The molecule has 0 amide bonds. The van der Waals surface area contributed by atoms with Crippen LogP contribution in [0.1, 0.15) is 12.5 Å². The fourth-order valence-corrected chi connectivity index (χ4v) is 1.56. The van der Waals surface area contributed by atoms with Crippen molar-refractivity contribution in [1.82, 2.24) is 5.32 Å². The SMILES string of the molecule is CCNCCOc1cc(C(F)(F)F)ccc1Br. The molecule has 96 valence electrons. The van der Waals surface area contributed by atoms with E-state index in [2.05, 4.69) is 21.2 Å². The Bertz CT molecular complexity index is 368. The van der Waals surface area contributed by atoms with Crippen molar-refractivity contribution >= 4 is 15.9 Å². The van der Waals surface area contributed by atoms with Crippen LogP contribution in [0.15, 0.2) is 22.7 Å². The highest BCUT2D eigenvalue weighted by Crippen LogP contribution is 2.34. The van der Waals surface area contributed by atoms with Gasteiger partial charge in [0, 0.05) is 6.54 Å².